The molecule has 1 aromatic carbocycles. The molecule has 196 valence electrons. The number of aromatic nitrogens is 1. The maximum Gasteiger partial charge on any atom is 0.261 e. The summed E-state index contributed by atoms with van der Waals surface area (Å²) < 4.78 is 49.1. The fraction of sp³-hybridized carbons (Fsp3) is 0.292. The van der Waals surface area contributed by atoms with Gasteiger partial charge in [0.1, 0.15) is 22.9 Å². The van der Waals surface area contributed by atoms with Gasteiger partial charge in [-0.15, -0.1) is 11.3 Å². The highest BCUT2D eigenvalue weighted by Gasteiger charge is 2.35. The van der Waals surface area contributed by atoms with Gasteiger partial charge < -0.3 is 15.0 Å². The van der Waals surface area contributed by atoms with Crippen LogP contribution >= 0.6 is 22.9 Å². The quantitative estimate of drug-likeness (QED) is 0.411. The largest absolute Gasteiger partial charge is 0.495 e. The Morgan fingerprint density at radius 3 is 2.62 bits per heavy atom. The summed E-state index contributed by atoms with van der Waals surface area (Å²) in [4.78, 5) is 31.1. The minimum absolute atomic E-state index is 0.0784. The second-order valence-corrected chi connectivity index (χ2v) is 11.6. The van der Waals surface area contributed by atoms with Gasteiger partial charge in [-0.25, -0.2) is 12.8 Å². The highest BCUT2D eigenvalue weighted by molar-refractivity contribution is 7.89. The zero-order valence-corrected chi connectivity index (χ0v) is 22.1. The van der Waals surface area contributed by atoms with Crippen molar-refractivity contribution >= 4 is 44.8 Å². The third-order valence-electron chi connectivity index (χ3n) is 5.77. The highest BCUT2D eigenvalue weighted by atomic mass is 35.5. The number of carbonyl (C=O) groups is 2. The summed E-state index contributed by atoms with van der Waals surface area (Å²) in [5, 5.41) is 2.57. The molecule has 0 bridgehead atoms. The van der Waals surface area contributed by atoms with Crippen LogP contribution < -0.4 is 14.8 Å². The number of para-hydroxylation sites is 1. The third-order valence-corrected chi connectivity index (χ3v) is 8.49. The number of halogens is 2. The summed E-state index contributed by atoms with van der Waals surface area (Å²) in [5.41, 5.74) is 1.20. The lowest BCUT2D eigenvalue weighted by atomic mass is 10.1. The third kappa shape index (κ3) is 6.27. The number of hydrogen-bond acceptors (Lipinski definition) is 7. The number of ether oxygens (including phenoxy) is 1. The van der Waals surface area contributed by atoms with Gasteiger partial charge in [-0.1, -0.05) is 23.7 Å². The Balaban J connectivity index is 1.62. The van der Waals surface area contributed by atoms with E-state index in [1.807, 2.05) is 0 Å². The molecule has 0 aliphatic carbocycles. The zero-order chi connectivity index (χ0) is 26.6. The molecule has 3 heterocycles. The van der Waals surface area contributed by atoms with E-state index < -0.39 is 34.1 Å². The molecule has 1 saturated heterocycles. The first kappa shape index (κ1) is 27.0. The fourth-order valence-electron chi connectivity index (χ4n) is 3.98. The SMILES string of the molecule is COc1c(-c2ccncc2)cccc1S(=O)(=O)N[C@@H](CNC(=O)c1ccc(Cl)s1)C(=O)N1CC[C@H](F)C1. The summed E-state index contributed by atoms with van der Waals surface area (Å²) in [5.74, 6) is -1.08. The lowest BCUT2D eigenvalue weighted by Gasteiger charge is -2.25. The van der Waals surface area contributed by atoms with E-state index in [2.05, 4.69) is 15.0 Å². The summed E-state index contributed by atoms with van der Waals surface area (Å²) in [7, 11) is -2.98. The van der Waals surface area contributed by atoms with Crippen LogP contribution in [0.25, 0.3) is 11.1 Å². The van der Waals surface area contributed by atoms with E-state index in [1.165, 1.54) is 24.1 Å². The van der Waals surface area contributed by atoms with Crippen LogP contribution in [0.5, 0.6) is 5.75 Å². The number of likely N-dealkylation sites (tertiary alicyclic amines) is 1. The van der Waals surface area contributed by atoms with E-state index in [0.29, 0.717) is 20.3 Å². The number of sulfonamides is 1. The number of hydrogen-bond donors (Lipinski definition) is 2. The lowest BCUT2D eigenvalue weighted by molar-refractivity contribution is -0.132. The zero-order valence-electron chi connectivity index (χ0n) is 19.7. The Bertz CT molecular complexity index is 1390. The van der Waals surface area contributed by atoms with Gasteiger partial charge in [0.05, 0.1) is 22.9 Å². The minimum atomic E-state index is -4.33. The number of nitrogens with zero attached hydrogens (tertiary/aromatic N) is 2. The first-order valence-corrected chi connectivity index (χ1v) is 13.9. The summed E-state index contributed by atoms with van der Waals surface area (Å²) in [6, 6.07) is 9.72. The van der Waals surface area contributed by atoms with Gasteiger partial charge in [-0.05, 0) is 42.3 Å². The highest BCUT2D eigenvalue weighted by Crippen LogP contribution is 2.35. The minimum Gasteiger partial charge on any atom is -0.495 e. The molecular formula is C24H24ClFN4O5S2. The monoisotopic (exact) mass is 566 g/mol. The van der Waals surface area contributed by atoms with Crippen molar-refractivity contribution in [2.75, 3.05) is 26.7 Å². The number of carbonyl (C=O) groups excluding carboxylic acids is 2. The summed E-state index contributed by atoms with van der Waals surface area (Å²) >= 11 is 6.94. The smallest absolute Gasteiger partial charge is 0.261 e. The van der Waals surface area contributed by atoms with Gasteiger partial charge in [0, 0.05) is 31.0 Å². The van der Waals surface area contributed by atoms with E-state index in [0.717, 1.165) is 11.3 Å². The van der Waals surface area contributed by atoms with Crippen LogP contribution in [0.3, 0.4) is 0 Å². The van der Waals surface area contributed by atoms with E-state index in [4.69, 9.17) is 16.3 Å². The van der Waals surface area contributed by atoms with Crippen molar-refractivity contribution in [3.63, 3.8) is 0 Å². The van der Waals surface area contributed by atoms with E-state index in [1.54, 1.807) is 42.7 Å². The number of amides is 2. The van der Waals surface area contributed by atoms with Crippen LogP contribution in [0.4, 0.5) is 4.39 Å². The van der Waals surface area contributed by atoms with Crippen molar-refractivity contribution in [1.29, 1.82) is 0 Å². The molecule has 2 amide bonds. The molecule has 2 atom stereocenters. The maximum atomic E-state index is 13.8. The predicted octanol–water partition coefficient (Wildman–Crippen LogP) is 3.12. The Morgan fingerprint density at radius 2 is 2.00 bits per heavy atom. The molecule has 0 radical (unpaired) electrons. The molecule has 2 N–H and O–H groups in total. The molecule has 9 nitrogen and oxygen atoms in total. The number of rotatable bonds is 9. The summed E-state index contributed by atoms with van der Waals surface area (Å²) in [6.07, 6.45) is 2.11. The summed E-state index contributed by atoms with van der Waals surface area (Å²) in [6.45, 7) is -0.355. The average Bonchev–Trinajstić information content (AvgIpc) is 3.54. The molecule has 0 unspecified atom stereocenters. The average molecular weight is 567 g/mol. The molecule has 3 aromatic rings. The van der Waals surface area contributed by atoms with Crippen molar-refractivity contribution in [3.05, 3.63) is 64.1 Å². The number of nitrogens with one attached hydrogen (secondary N) is 2. The second kappa shape index (κ2) is 11.5. The van der Waals surface area contributed by atoms with Crippen LogP contribution in [0.15, 0.2) is 59.8 Å². The number of alkyl halides is 1. The predicted molar refractivity (Wildman–Crippen MR) is 138 cm³/mol. The molecule has 0 saturated carbocycles. The van der Waals surface area contributed by atoms with Gasteiger partial charge in [0.2, 0.25) is 15.9 Å². The topological polar surface area (TPSA) is 118 Å². The van der Waals surface area contributed by atoms with Crippen molar-refractivity contribution < 1.29 is 27.1 Å². The first-order valence-electron chi connectivity index (χ1n) is 11.3. The normalized spacial score (nSPS) is 16.4. The Morgan fingerprint density at radius 1 is 1.24 bits per heavy atom. The molecular weight excluding hydrogens is 543 g/mol. The molecule has 1 aliphatic rings. The van der Waals surface area contributed by atoms with E-state index in [9.17, 15) is 22.4 Å². The molecule has 37 heavy (non-hydrogen) atoms. The first-order chi connectivity index (χ1) is 17.7. The second-order valence-electron chi connectivity index (χ2n) is 8.23. The Labute approximate surface area is 222 Å². The molecule has 4 rings (SSSR count). The van der Waals surface area contributed by atoms with Crippen LogP contribution in [0, 0.1) is 0 Å². The number of methoxy groups -OCH3 is 1. The van der Waals surface area contributed by atoms with Crippen LogP contribution in [-0.2, 0) is 14.8 Å². The Kier molecular flexibility index (Phi) is 8.42. The van der Waals surface area contributed by atoms with Gasteiger partial charge in [-0.3, -0.25) is 14.6 Å². The van der Waals surface area contributed by atoms with Crippen LogP contribution in [-0.4, -0.2) is 69.1 Å². The molecule has 1 aliphatic heterocycles. The van der Waals surface area contributed by atoms with Gasteiger partial charge >= 0.3 is 0 Å². The van der Waals surface area contributed by atoms with Crippen molar-refractivity contribution in [3.8, 4) is 16.9 Å². The van der Waals surface area contributed by atoms with E-state index in [-0.39, 0.29) is 36.7 Å². The van der Waals surface area contributed by atoms with Gasteiger partial charge in [0.25, 0.3) is 5.91 Å². The number of thiophene rings is 1. The fourth-order valence-corrected chi connectivity index (χ4v) is 6.32. The van der Waals surface area contributed by atoms with Crippen LogP contribution in [0.2, 0.25) is 4.34 Å². The molecule has 2 aromatic heterocycles. The van der Waals surface area contributed by atoms with Gasteiger partial charge in [0.15, 0.2) is 0 Å². The van der Waals surface area contributed by atoms with E-state index >= 15 is 0 Å². The standard InChI is InChI=1S/C24H24ClFN4O5S2/c1-35-22-17(15-7-10-27-11-8-15)3-2-4-20(22)37(33,34)29-18(24(32)30-12-9-16(26)14-30)13-28-23(31)19-5-6-21(25)36-19/h2-8,10-11,16,18,29H,9,12-14H2,1H3,(H,28,31)/t16-,18-/m0/s1. The van der Waals surface area contributed by atoms with Crippen molar-refractivity contribution in [1.82, 2.24) is 19.9 Å². The molecule has 1 fully saturated rings. The van der Waals surface area contributed by atoms with Gasteiger partial charge in [-0.2, -0.15) is 4.72 Å². The maximum absolute atomic E-state index is 13.8. The Hall–Kier alpha value is -3.06. The number of pyridine rings is 1. The lowest BCUT2D eigenvalue weighted by Crippen LogP contribution is -2.53. The van der Waals surface area contributed by atoms with Crippen LogP contribution in [0.1, 0.15) is 16.1 Å². The number of benzene rings is 1. The van der Waals surface area contributed by atoms with Crippen molar-refractivity contribution in [2.24, 2.45) is 0 Å². The van der Waals surface area contributed by atoms with Crippen molar-refractivity contribution in [2.45, 2.75) is 23.5 Å². The molecule has 13 heteroatoms. The molecule has 0 spiro atoms.